The number of hydrogen-bond donors (Lipinski definition) is 2. The van der Waals surface area contributed by atoms with Crippen LogP contribution in [0.4, 0.5) is 11.4 Å². The number of nitrogens with zero attached hydrogens (tertiary/aromatic N) is 5. The lowest BCUT2D eigenvalue weighted by molar-refractivity contribution is -0.121. The Kier molecular flexibility index (Phi) is 7.12. The highest BCUT2D eigenvalue weighted by Gasteiger charge is 2.28. The van der Waals surface area contributed by atoms with Crippen molar-refractivity contribution in [3.8, 4) is 16.3 Å². The van der Waals surface area contributed by atoms with Crippen LogP contribution in [0.25, 0.3) is 15.3 Å². The SMILES string of the molecule is CCOC1CN(CC(=O)Nc2cnc(C)c(NC(=O)c3cnn4cc(-c5cccnc5OC)sc34)c2)C1. The molecule has 5 heterocycles. The van der Waals surface area contributed by atoms with Crippen LogP contribution in [-0.2, 0) is 9.53 Å². The molecule has 2 N–H and O–H groups in total. The number of likely N-dealkylation sites (tertiary alicyclic amines) is 1. The first-order chi connectivity index (χ1) is 17.9. The summed E-state index contributed by atoms with van der Waals surface area (Å²) in [6, 6.07) is 5.44. The van der Waals surface area contributed by atoms with Gasteiger partial charge in [-0.2, -0.15) is 5.10 Å². The molecule has 5 rings (SSSR count). The first-order valence-corrected chi connectivity index (χ1v) is 12.6. The molecule has 1 saturated heterocycles. The number of aryl methyl sites for hydroxylation is 1. The largest absolute Gasteiger partial charge is 0.481 e. The van der Waals surface area contributed by atoms with Gasteiger partial charge in [-0.25, -0.2) is 9.50 Å². The molecule has 37 heavy (non-hydrogen) atoms. The van der Waals surface area contributed by atoms with Crippen molar-refractivity contribution in [3.63, 3.8) is 0 Å². The summed E-state index contributed by atoms with van der Waals surface area (Å²) in [5.41, 5.74) is 2.89. The van der Waals surface area contributed by atoms with Gasteiger partial charge in [-0.1, -0.05) is 0 Å². The second-order valence-electron chi connectivity index (χ2n) is 8.59. The fourth-order valence-corrected chi connectivity index (χ4v) is 5.20. The van der Waals surface area contributed by atoms with Crippen LogP contribution in [0.2, 0.25) is 0 Å². The molecule has 4 aromatic heterocycles. The maximum absolute atomic E-state index is 13.2. The minimum Gasteiger partial charge on any atom is -0.481 e. The number of methoxy groups -OCH3 is 1. The van der Waals surface area contributed by atoms with E-state index in [0.29, 0.717) is 39.9 Å². The zero-order chi connectivity index (χ0) is 25.9. The van der Waals surface area contributed by atoms with Crippen LogP contribution in [0.5, 0.6) is 5.88 Å². The number of pyridine rings is 2. The van der Waals surface area contributed by atoms with Gasteiger partial charge in [0.05, 0.1) is 65.2 Å². The smallest absolute Gasteiger partial charge is 0.260 e. The number of ether oxygens (including phenoxy) is 2. The van der Waals surface area contributed by atoms with Gasteiger partial charge in [-0.15, -0.1) is 11.3 Å². The Labute approximate surface area is 217 Å². The van der Waals surface area contributed by atoms with Crippen LogP contribution in [0.3, 0.4) is 0 Å². The first-order valence-electron chi connectivity index (χ1n) is 11.8. The zero-order valence-corrected chi connectivity index (χ0v) is 21.5. The highest BCUT2D eigenvalue weighted by molar-refractivity contribution is 7.21. The summed E-state index contributed by atoms with van der Waals surface area (Å²) in [7, 11) is 1.57. The Morgan fingerprint density at radius 2 is 2.05 bits per heavy atom. The van der Waals surface area contributed by atoms with E-state index in [9.17, 15) is 9.59 Å². The third-order valence-electron chi connectivity index (χ3n) is 5.98. The van der Waals surface area contributed by atoms with Crippen molar-refractivity contribution in [2.45, 2.75) is 20.0 Å². The summed E-state index contributed by atoms with van der Waals surface area (Å²) >= 11 is 1.42. The molecule has 2 amide bonds. The molecule has 192 valence electrons. The Balaban J connectivity index is 1.28. The highest BCUT2D eigenvalue weighted by atomic mass is 32.1. The molecule has 1 aliphatic rings. The molecule has 1 fully saturated rings. The van der Waals surface area contributed by atoms with Crippen molar-refractivity contribution in [2.24, 2.45) is 0 Å². The molecule has 0 unspecified atom stereocenters. The number of nitrogens with one attached hydrogen (secondary N) is 2. The Bertz CT molecular complexity index is 1440. The van der Waals surface area contributed by atoms with Gasteiger partial charge in [0.1, 0.15) is 4.83 Å². The van der Waals surface area contributed by atoms with Gasteiger partial charge in [0.25, 0.3) is 5.91 Å². The van der Waals surface area contributed by atoms with Crippen molar-refractivity contribution in [2.75, 3.05) is 44.0 Å². The standard InChI is InChI=1S/C25H27N7O4S/c1-4-36-17-11-31(12-17)14-22(33)29-16-8-20(15(2)27-9-16)30-23(34)19-10-28-32-13-21(37-25(19)32)18-6-5-7-26-24(18)35-3/h5-10,13,17H,4,11-12,14H2,1-3H3,(H,29,33)(H,30,34). The van der Waals surface area contributed by atoms with Crippen molar-refractivity contribution in [1.82, 2.24) is 24.5 Å². The predicted octanol–water partition coefficient (Wildman–Crippen LogP) is 3.08. The molecule has 0 spiro atoms. The van der Waals surface area contributed by atoms with Crippen molar-refractivity contribution >= 4 is 39.4 Å². The molecule has 0 aliphatic carbocycles. The van der Waals surface area contributed by atoms with Gasteiger partial charge in [-0.05, 0) is 32.0 Å². The van der Waals surface area contributed by atoms with E-state index in [1.165, 1.54) is 17.5 Å². The second kappa shape index (κ2) is 10.6. The molecule has 12 heteroatoms. The van der Waals surface area contributed by atoms with Gasteiger partial charge in [0, 0.05) is 32.1 Å². The number of anilines is 2. The van der Waals surface area contributed by atoms with Crippen LogP contribution in [0.15, 0.2) is 43.0 Å². The minimum atomic E-state index is -0.322. The van der Waals surface area contributed by atoms with Gasteiger partial charge in [-0.3, -0.25) is 19.5 Å². The van der Waals surface area contributed by atoms with E-state index in [-0.39, 0.29) is 24.5 Å². The highest BCUT2D eigenvalue weighted by Crippen LogP contribution is 2.35. The molecule has 0 atom stereocenters. The molecule has 0 aromatic carbocycles. The van der Waals surface area contributed by atoms with Crippen molar-refractivity contribution in [3.05, 3.63) is 54.2 Å². The number of carbonyl (C=O) groups is 2. The van der Waals surface area contributed by atoms with Gasteiger partial charge < -0.3 is 20.1 Å². The number of amides is 2. The Morgan fingerprint density at radius 1 is 1.22 bits per heavy atom. The summed E-state index contributed by atoms with van der Waals surface area (Å²) < 4.78 is 12.6. The lowest BCUT2D eigenvalue weighted by Gasteiger charge is -2.38. The van der Waals surface area contributed by atoms with Crippen LogP contribution in [0.1, 0.15) is 23.0 Å². The van der Waals surface area contributed by atoms with Crippen LogP contribution < -0.4 is 15.4 Å². The van der Waals surface area contributed by atoms with E-state index in [1.807, 2.05) is 30.2 Å². The number of aromatic nitrogens is 4. The van der Waals surface area contributed by atoms with E-state index in [2.05, 4.69) is 25.7 Å². The fraction of sp³-hybridized carbons (Fsp3) is 0.320. The fourth-order valence-electron chi connectivity index (χ4n) is 4.12. The number of carbonyl (C=O) groups excluding carboxylic acids is 2. The Hall–Kier alpha value is -3.87. The van der Waals surface area contributed by atoms with Gasteiger partial charge >= 0.3 is 0 Å². The molecule has 0 radical (unpaired) electrons. The van der Waals surface area contributed by atoms with E-state index in [1.54, 1.807) is 37.0 Å². The third-order valence-corrected chi connectivity index (χ3v) is 7.13. The number of fused-ring (bicyclic) bond motifs is 1. The molecule has 11 nitrogen and oxygen atoms in total. The lowest BCUT2D eigenvalue weighted by atomic mass is 10.1. The first kappa shape index (κ1) is 24.8. The monoisotopic (exact) mass is 521 g/mol. The van der Waals surface area contributed by atoms with Crippen molar-refractivity contribution < 1.29 is 19.1 Å². The van der Waals surface area contributed by atoms with E-state index >= 15 is 0 Å². The number of hydrogen-bond acceptors (Lipinski definition) is 9. The molecule has 4 aromatic rings. The summed E-state index contributed by atoms with van der Waals surface area (Å²) in [5, 5.41) is 10.1. The topological polar surface area (TPSA) is 123 Å². The molecule has 1 aliphatic heterocycles. The minimum absolute atomic E-state index is 0.145. The Morgan fingerprint density at radius 3 is 2.84 bits per heavy atom. The second-order valence-corrected chi connectivity index (χ2v) is 9.62. The average Bonchev–Trinajstić information content (AvgIpc) is 3.46. The van der Waals surface area contributed by atoms with Crippen molar-refractivity contribution in [1.29, 1.82) is 0 Å². The van der Waals surface area contributed by atoms with Crippen LogP contribution >= 0.6 is 11.3 Å². The zero-order valence-electron chi connectivity index (χ0n) is 20.7. The third kappa shape index (κ3) is 5.31. The van der Waals surface area contributed by atoms with E-state index in [0.717, 1.165) is 23.5 Å². The molecule has 0 saturated carbocycles. The lowest BCUT2D eigenvalue weighted by Crippen LogP contribution is -2.54. The summed E-state index contributed by atoms with van der Waals surface area (Å²) in [6.07, 6.45) is 6.81. The quantitative estimate of drug-likeness (QED) is 0.345. The van der Waals surface area contributed by atoms with E-state index < -0.39 is 0 Å². The van der Waals surface area contributed by atoms with Gasteiger partial charge in [0.2, 0.25) is 11.8 Å². The number of thiazole rings is 1. The average molecular weight is 522 g/mol. The molecular weight excluding hydrogens is 494 g/mol. The maximum atomic E-state index is 13.2. The van der Waals surface area contributed by atoms with Crippen LogP contribution in [0, 0.1) is 6.92 Å². The summed E-state index contributed by atoms with van der Waals surface area (Å²) in [4.78, 5) is 37.8. The maximum Gasteiger partial charge on any atom is 0.260 e. The van der Waals surface area contributed by atoms with E-state index in [4.69, 9.17) is 9.47 Å². The van der Waals surface area contributed by atoms with Crippen LogP contribution in [-0.4, -0.2) is 75.8 Å². The predicted molar refractivity (Wildman–Crippen MR) is 140 cm³/mol. The number of rotatable bonds is 9. The normalized spacial score (nSPS) is 13.9. The summed E-state index contributed by atoms with van der Waals surface area (Å²) in [6.45, 7) is 6.19. The molecular formula is C25H27N7O4S. The summed E-state index contributed by atoms with van der Waals surface area (Å²) in [5.74, 6) is 0.0347. The van der Waals surface area contributed by atoms with Gasteiger partial charge in [0.15, 0.2) is 0 Å². The molecule has 0 bridgehead atoms.